The molecule has 0 saturated carbocycles. The van der Waals surface area contributed by atoms with Crippen LogP contribution in [0.15, 0.2) is 59.4 Å². The molecule has 5 aromatic carbocycles. The van der Waals surface area contributed by atoms with Crippen molar-refractivity contribution >= 4 is 16.7 Å². The molecule has 0 aliphatic carbocycles. The fourth-order valence-electron chi connectivity index (χ4n) is 6.54. The molecule has 2 heterocycles. The van der Waals surface area contributed by atoms with Gasteiger partial charge in [-0.2, -0.15) is 0 Å². The first-order valence-corrected chi connectivity index (χ1v) is 15.4. The molecule has 0 radical (unpaired) electrons. The molecule has 0 unspecified atom stereocenters. The van der Waals surface area contributed by atoms with Gasteiger partial charge in [0.1, 0.15) is 40.6 Å². The van der Waals surface area contributed by atoms with Crippen LogP contribution < -0.4 is 14.9 Å². The predicted octanol–water partition coefficient (Wildman–Crippen LogP) is 3.19. The minimum Gasteiger partial charge on any atom is -0.508 e. The number of carbonyl (C=O) groups is 1. The lowest BCUT2D eigenvalue weighted by atomic mass is 9.91. The number of benzene rings is 4. The van der Waals surface area contributed by atoms with E-state index in [0.717, 1.165) is 36.4 Å². The molecule has 2 aliphatic heterocycles. The highest BCUT2D eigenvalue weighted by Gasteiger charge is 2.39. The molecule has 0 spiro atoms. The third-order valence-corrected chi connectivity index (χ3v) is 9.03. The van der Waals surface area contributed by atoms with Crippen molar-refractivity contribution in [1.29, 1.82) is 0 Å². The Morgan fingerprint density at radius 1 is 0.615 bits per heavy atom. The molecule has 7 rings (SSSR count). The number of ether oxygens (including phenoxy) is 3. The lowest BCUT2D eigenvalue weighted by Crippen LogP contribution is -2.35. The Morgan fingerprint density at radius 3 is 1.79 bits per heavy atom. The van der Waals surface area contributed by atoms with Crippen molar-refractivity contribution in [1.82, 2.24) is 0 Å². The second-order valence-electron chi connectivity index (χ2n) is 12.3. The molecule has 2 aliphatic rings. The van der Waals surface area contributed by atoms with Gasteiger partial charge >= 0.3 is 5.97 Å². The molecule has 0 amide bonds. The van der Waals surface area contributed by atoms with Crippen molar-refractivity contribution in [3.63, 3.8) is 0 Å². The molecule has 11 N–H and O–H groups in total. The van der Waals surface area contributed by atoms with Crippen LogP contribution in [0.3, 0.4) is 0 Å². The van der Waals surface area contributed by atoms with Crippen molar-refractivity contribution in [2.45, 2.75) is 37.3 Å². The number of phenolic OH excluding ortho intramolecular Hbond substituents is 9. The van der Waals surface area contributed by atoms with E-state index in [1.165, 1.54) is 18.2 Å². The van der Waals surface area contributed by atoms with E-state index in [4.69, 9.17) is 14.2 Å². The van der Waals surface area contributed by atoms with Crippen molar-refractivity contribution in [3.8, 4) is 69.0 Å². The van der Waals surface area contributed by atoms with Gasteiger partial charge in [0.25, 0.3) is 0 Å². The smallest absolute Gasteiger partial charge is 0.338 e. The number of rotatable bonds is 4. The fraction of sp³-hybridized carbons (Fsp3) is 0.167. The van der Waals surface area contributed by atoms with Gasteiger partial charge in [-0.25, -0.2) is 4.79 Å². The first kappa shape index (κ1) is 33.6. The second kappa shape index (κ2) is 12.1. The van der Waals surface area contributed by atoms with Gasteiger partial charge in [-0.1, -0.05) is 12.1 Å². The highest BCUT2D eigenvalue weighted by Crippen LogP contribution is 2.48. The van der Waals surface area contributed by atoms with Crippen molar-refractivity contribution < 1.29 is 75.2 Å². The number of aliphatic hydroxyl groups is 1. The average molecular weight is 717 g/mol. The van der Waals surface area contributed by atoms with Gasteiger partial charge in [0.05, 0.1) is 17.1 Å². The Balaban J connectivity index is 1.39. The zero-order valence-electron chi connectivity index (χ0n) is 26.4. The van der Waals surface area contributed by atoms with Crippen molar-refractivity contribution in [2.24, 2.45) is 0 Å². The van der Waals surface area contributed by atoms with Gasteiger partial charge in [-0.15, -0.1) is 0 Å². The third-order valence-electron chi connectivity index (χ3n) is 9.03. The van der Waals surface area contributed by atoms with Crippen LogP contribution in [0.1, 0.15) is 44.8 Å². The Morgan fingerprint density at radius 2 is 1.17 bits per heavy atom. The van der Waals surface area contributed by atoms with Gasteiger partial charge in [0.15, 0.2) is 46.7 Å². The number of aromatic hydroxyl groups is 10. The van der Waals surface area contributed by atoms with E-state index < -0.39 is 92.8 Å². The van der Waals surface area contributed by atoms with Crippen LogP contribution in [0.4, 0.5) is 0 Å². The molecule has 16 nitrogen and oxygen atoms in total. The normalized spacial score (nSPS) is 19.2. The fourth-order valence-corrected chi connectivity index (χ4v) is 6.54. The summed E-state index contributed by atoms with van der Waals surface area (Å²) in [4.78, 5) is 27.2. The minimum atomic E-state index is -1.49. The zero-order valence-corrected chi connectivity index (χ0v) is 26.4. The SMILES string of the molecule is O=C(O[C@@H]1Cc2c(O)cc(O)cc2O[C@@H]1c1cc(O)c(O)c2c(=O)c(O)c([C@H]3Oc4cc(O)cc(O)c4C[C@H]3O)ccc12)c1cc(O)c(O)c(O)c1. The minimum absolute atomic E-state index is 0.0439. The highest BCUT2D eigenvalue weighted by atomic mass is 16.6. The Kier molecular flexibility index (Phi) is 7.83. The second-order valence-corrected chi connectivity index (χ2v) is 12.3. The number of hydrogen-bond donors (Lipinski definition) is 11. The number of aliphatic hydroxyl groups excluding tert-OH is 1. The number of carbonyl (C=O) groups excluding carboxylic acids is 1. The summed E-state index contributed by atoms with van der Waals surface area (Å²) in [6.07, 6.45) is -6.34. The van der Waals surface area contributed by atoms with E-state index in [1.54, 1.807) is 0 Å². The van der Waals surface area contributed by atoms with Crippen LogP contribution in [0.2, 0.25) is 0 Å². The summed E-state index contributed by atoms with van der Waals surface area (Å²) >= 11 is 0. The first-order valence-electron chi connectivity index (χ1n) is 15.4. The van der Waals surface area contributed by atoms with Crippen LogP contribution in [0.5, 0.6) is 69.0 Å². The van der Waals surface area contributed by atoms with Gasteiger partial charge in [0.2, 0.25) is 5.43 Å². The molecule has 0 saturated heterocycles. The van der Waals surface area contributed by atoms with Gasteiger partial charge in [0, 0.05) is 59.4 Å². The van der Waals surface area contributed by atoms with E-state index in [-0.39, 0.29) is 63.5 Å². The number of hydrogen-bond acceptors (Lipinski definition) is 16. The van der Waals surface area contributed by atoms with Gasteiger partial charge in [-0.05, 0) is 23.6 Å². The quantitative estimate of drug-likeness (QED) is 0.0940. The monoisotopic (exact) mass is 716 g/mol. The molecule has 0 aromatic heterocycles. The molecular weight excluding hydrogens is 688 g/mol. The largest absolute Gasteiger partial charge is 0.508 e. The van der Waals surface area contributed by atoms with Gasteiger partial charge in [-0.3, -0.25) is 4.79 Å². The molecular formula is C36H28O16. The molecule has 0 fully saturated rings. The molecule has 16 heteroatoms. The van der Waals surface area contributed by atoms with Gasteiger partial charge < -0.3 is 70.4 Å². The summed E-state index contributed by atoms with van der Waals surface area (Å²) in [6, 6.07) is 9.44. The summed E-state index contributed by atoms with van der Waals surface area (Å²) in [5, 5.41) is 114. The van der Waals surface area contributed by atoms with E-state index >= 15 is 0 Å². The number of fused-ring (bicyclic) bond motifs is 3. The number of phenols is 9. The number of esters is 1. The van der Waals surface area contributed by atoms with E-state index in [1.807, 2.05) is 0 Å². The van der Waals surface area contributed by atoms with Crippen LogP contribution >= 0.6 is 0 Å². The average Bonchev–Trinajstić information content (AvgIpc) is 3.21. The Hall–Kier alpha value is -6.94. The zero-order chi connectivity index (χ0) is 37.3. The highest BCUT2D eigenvalue weighted by molar-refractivity contribution is 5.94. The lowest BCUT2D eigenvalue weighted by Gasteiger charge is -2.34. The van der Waals surface area contributed by atoms with E-state index in [9.17, 15) is 65.8 Å². The molecule has 5 aromatic rings. The van der Waals surface area contributed by atoms with Crippen LogP contribution in [0, 0.1) is 0 Å². The maximum absolute atomic E-state index is 13.9. The van der Waals surface area contributed by atoms with Crippen molar-refractivity contribution in [2.75, 3.05) is 0 Å². The third kappa shape index (κ3) is 5.47. The summed E-state index contributed by atoms with van der Waals surface area (Å²) < 4.78 is 17.7. The van der Waals surface area contributed by atoms with E-state index in [2.05, 4.69) is 0 Å². The maximum atomic E-state index is 13.9. The van der Waals surface area contributed by atoms with Crippen LogP contribution in [0.25, 0.3) is 10.8 Å². The summed E-state index contributed by atoms with van der Waals surface area (Å²) in [5.74, 6) is -8.26. The molecule has 0 bridgehead atoms. The van der Waals surface area contributed by atoms with Crippen molar-refractivity contribution in [3.05, 3.63) is 92.6 Å². The first-order chi connectivity index (χ1) is 24.6. The summed E-state index contributed by atoms with van der Waals surface area (Å²) in [6.45, 7) is 0. The topological polar surface area (TPSA) is 284 Å². The lowest BCUT2D eigenvalue weighted by molar-refractivity contribution is -0.0184. The molecule has 268 valence electrons. The molecule has 4 atom stereocenters. The Labute approximate surface area is 290 Å². The van der Waals surface area contributed by atoms with Crippen LogP contribution in [-0.2, 0) is 17.6 Å². The standard InChI is InChI=1S/C36H28O16/c37-13-5-20(39)18-10-25(44)34(50-26(18)7-13)16-2-1-15-17(9-24(43)32(47)29(15)33(48)30(16)45)35-28(11-19-21(40)6-14(38)8-27(19)51-35)52-36(49)12-3-22(41)31(46)23(42)4-12/h1-9,25,28,34-35,37-44,46-47H,10-11H2,(H,45,48)/t25-,28-,34-,35-/m1/s1. The maximum Gasteiger partial charge on any atom is 0.338 e. The summed E-state index contributed by atoms with van der Waals surface area (Å²) in [7, 11) is 0. The molecule has 52 heavy (non-hydrogen) atoms. The predicted molar refractivity (Wildman–Crippen MR) is 176 cm³/mol. The summed E-state index contributed by atoms with van der Waals surface area (Å²) in [5.41, 5.74) is -1.82. The van der Waals surface area contributed by atoms with Crippen LogP contribution in [-0.4, -0.2) is 74.3 Å². The Bertz CT molecular complexity index is 2370. The van der Waals surface area contributed by atoms with E-state index in [0.29, 0.717) is 0 Å².